The zero-order chi connectivity index (χ0) is 10.8. The molecule has 2 nitrogen and oxygen atoms in total. The summed E-state index contributed by atoms with van der Waals surface area (Å²) in [5, 5.41) is 4.11. The third-order valence-corrected chi connectivity index (χ3v) is 4.11. The summed E-state index contributed by atoms with van der Waals surface area (Å²) in [5.41, 5.74) is 9.39. The van der Waals surface area contributed by atoms with Crippen molar-refractivity contribution in [3.8, 4) is 0 Å². The van der Waals surface area contributed by atoms with Gasteiger partial charge in [0.05, 0.1) is 6.04 Å². The van der Waals surface area contributed by atoms with E-state index in [1.54, 1.807) is 17.5 Å². The molecule has 2 rings (SSSR count). The average Bonchev–Trinajstić information content (AvgIpc) is 2.64. The lowest BCUT2D eigenvalue weighted by atomic mass is 10.0. The second-order valence-electron chi connectivity index (χ2n) is 3.33. The van der Waals surface area contributed by atoms with Crippen molar-refractivity contribution in [2.24, 2.45) is 5.73 Å². The van der Waals surface area contributed by atoms with Gasteiger partial charge in [-0.05, 0) is 45.4 Å². The summed E-state index contributed by atoms with van der Waals surface area (Å²) in [6.07, 6.45) is 1.79. The van der Waals surface area contributed by atoms with Crippen LogP contribution in [0, 0.1) is 6.92 Å². The Hall–Kier alpha value is -0.710. The van der Waals surface area contributed by atoms with E-state index in [0.717, 1.165) is 21.3 Å². The normalized spacial score (nSPS) is 12.7. The zero-order valence-electron chi connectivity index (χ0n) is 8.27. The smallest absolute Gasteiger partial charge is 0.0589 e. The predicted molar refractivity (Wildman–Crippen MR) is 67.0 cm³/mol. The van der Waals surface area contributed by atoms with Gasteiger partial charge in [-0.15, -0.1) is 0 Å². The summed E-state index contributed by atoms with van der Waals surface area (Å²) < 4.78 is 1.07. The molecule has 0 aliphatic rings. The number of aromatic nitrogens is 1. The van der Waals surface area contributed by atoms with Crippen LogP contribution >= 0.6 is 27.3 Å². The highest BCUT2D eigenvalue weighted by Gasteiger charge is 2.14. The summed E-state index contributed by atoms with van der Waals surface area (Å²) in [6, 6.07) is 3.85. The highest BCUT2D eigenvalue weighted by Crippen LogP contribution is 2.30. The van der Waals surface area contributed by atoms with E-state index in [0.29, 0.717) is 0 Å². The fraction of sp³-hybridized carbons (Fsp3) is 0.182. The monoisotopic (exact) mass is 282 g/mol. The van der Waals surface area contributed by atoms with Gasteiger partial charge in [-0.25, -0.2) is 0 Å². The van der Waals surface area contributed by atoms with Crippen LogP contribution < -0.4 is 5.73 Å². The molecule has 2 N–H and O–H groups in total. The number of hydrogen-bond donors (Lipinski definition) is 1. The molecule has 4 heteroatoms. The second-order valence-corrected chi connectivity index (χ2v) is 4.93. The number of pyridine rings is 1. The number of nitrogens with zero attached hydrogens (tertiary/aromatic N) is 1. The van der Waals surface area contributed by atoms with Crippen LogP contribution in [-0.2, 0) is 0 Å². The standard InChI is InChI=1S/C11H11BrN2S/c1-7-8(3-2-4-14-7)11(13)9-5-15-6-10(9)12/h2-6,11H,13H2,1H3. The van der Waals surface area contributed by atoms with E-state index in [2.05, 4.69) is 26.3 Å². The molecule has 0 aliphatic carbocycles. The first-order valence-corrected chi connectivity index (χ1v) is 6.32. The van der Waals surface area contributed by atoms with Gasteiger partial charge in [-0.3, -0.25) is 4.98 Å². The van der Waals surface area contributed by atoms with Crippen molar-refractivity contribution in [3.63, 3.8) is 0 Å². The SMILES string of the molecule is Cc1ncccc1C(N)c1cscc1Br. The lowest BCUT2D eigenvalue weighted by Crippen LogP contribution is -2.13. The van der Waals surface area contributed by atoms with Crippen molar-refractivity contribution in [2.45, 2.75) is 13.0 Å². The van der Waals surface area contributed by atoms with Crippen molar-refractivity contribution in [2.75, 3.05) is 0 Å². The first-order chi connectivity index (χ1) is 7.20. The van der Waals surface area contributed by atoms with E-state index in [4.69, 9.17) is 5.73 Å². The quantitative estimate of drug-likeness (QED) is 0.918. The third kappa shape index (κ3) is 2.12. The van der Waals surface area contributed by atoms with E-state index in [1.807, 2.05) is 24.4 Å². The van der Waals surface area contributed by atoms with Crippen molar-refractivity contribution in [3.05, 3.63) is 50.4 Å². The van der Waals surface area contributed by atoms with E-state index >= 15 is 0 Å². The van der Waals surface area contributed by atoms with Crippen molar-refractivity contribution in [1.29, 1.82) is 0 Å². The van der Waals surface area contributed by atoms with Gasteiger partial charge in [0.2, 0.25) is 0 Å². The Morgan fingerprint density at radius 1 is 1.40 bits per heavy atom. The second kappa shape index (κ2) is 4.43. The van der Waals surface area contributed by atoms with Crippen molar-refractivity contribution in [1.82, 2.24) is 4.98 Å². The maximum atomic E-state index is 6.20. The molecule has 0 aliphatic heterocycles. The molecule has 0 saturated carbocycles. The molecule has 2 heterocycles. The number of halogens is 1. The first-order valence-electron chi connectivity index (χ1n) is 4.59. The average molecular weight is 283 g/mol. The molecule has 0 radical (unpaired) electrons. The van der Waals surface area contributed by atoms with Gasteiger partial charge >= 0.3 is 0 Å². The summed E-state index contributed by atoms with van der Waals surface area (Å²) >= 11 is 5.15. The minimum absolute atomic E-state index is 0.0978. The summed E-state index contributed by atoms with van der Waals surface area (Å²) in [6.45, 7) is 1.98. The number of thiophene rings is 1. The van der Waals surface area contributed by atoms with E-state index in [-0.39, 0.29) is 6.04 Å². The first kappa shape index (κ1) is 10.8. The Kier molecular flexibility index (Phi) is 3.19. The highest BCUT2D eigenvalue weighted by atomic mass is 79.9. The lowest BCUT2D eigenvalue weighted by Gasteiger charge is -2.13. The van der Waals surface area contributed by atoms with E-state index in [1.165, 1.54) is 0 Å². The van der Waals surface area contributed by atoms with Crippen LogP contribution in [0.3, 0.4) is 0 Å². The number of rotatable bonds is 2. The van der Waals surface area contributed by atoms with E-state index in [9.17, 15) is 0 Å². The van der Waals surface area contributed by atoms with Gasteiger partial charge in [0.1, 0.15) is 0 Å². The maximum absolute atomic E-state index is 6.20. The fourth-order valence-electron chi connectivity index (χ4n) is 1.51. The molecular formula is C11H11BrN2S. The Morgan fingerprint density at radius 3 is 2.80 bits per heavy atom. The molecular weight excluding hydrogens is 272 g/mol. The van der Waals surface area contributed by atoms with Crippen LogP contribution in [0.25, 0.3) is 0 Å². The molecule has 15 heavy (non-hydrogen) atoms. The summed E-state index contributed by atoms with van der Waals surface area (Å²) in [4.78, 5) is 4.25. The molecule has 0 spiro atoms. The number of hydrogen-bond acceptors (Lipinski definition) is 3. The molecule has 78 valence electrons. The Labute approximate surface area is 101 Å². The van der Waals surface area contributed by atoms with E-state index < -0.39 is 0 Å². The van der Waals surface area contributed by atoms with Crippen molar-refractivity contribution < 1.29 is 0 Å². The largest absolute Gasteiger partial charge is 0.320 e. The Bertz CT molecular complexity index is 467. The van der Waals surface area contributed by atoms with Gasteiger partial charge in [-0.2, -0.15) is 11.3 Å². The molecule has 1 unspecified atom stereocenters. The van der Waals surface area contributed by atoms with Gasteiger partial charge < -0.3 is 5.73 Å². The molecule has 0 amide bonds. The molecule has 2 aromatic heterocycles. The summed E-state index contributed by atoms with van der Waals surface area (Å²) in [7, 11) is 0. The molecule has 2 aromatic rings. The molecule has 0 bridgehead atoms. The minimum Gasteiger partial charge on any atom is -0.320 e. The minimum atomic E-state index is -0.0978. The van der Waals surface area contributed by atoms with Crippen LogP contribution in [0.15, 0.2) is 33.6 Å². The molecule has 0 saturated heterocycles. The van der Waals surface area contributed by atoms with Gasteiger partial charge in [-0.1, -0.05) is 6.07 Å². The predicted octanol–water partition coefficient (Wildman–Crippen LogP) is 3.26. The van der Waals surface area contributed by atoms with Crippen molar-refractivity contribution >= 4 is 27.3 Å². The highest BCUT2D eigenvalue weighted by molar-refractivity contribution is 9.10. The number of nitrogens with two attached hydrogens (primary N) is 1. The molecule has 1 atom stereocenters. The van der Waals surface area contributed by atoms with Gasteiger partial charge in [0, 0.05) is 21.7 Å². The van der Waals surface area contributed by atoms with Crippen LogP contribution in [0.5, 0.6) is 0 Å². The topological polar surface area (TPSA) is 38.9 Å². The van der Waals surface area contributed by atoms with Crippen LogP contribution in [0.4, 0.5) is 0 Å². The van der Waals surface area contributed by atoms with Crippen LogP contribution in [0.2, 0.25) is 0 Å². The van der Waals surface area contributed by atoms with Gasteiger partial charge in [0.25, 0.3) is 0 Å². The number of aryl methyl sites for hydroxylation is 1. The lowest BCUT2D eigenvalue weighted by molar-refractivity contribution is 0.848. The Morgan fingerprint density at radius 2 is 2.20 bits per heavy atom. The van der Waals surface area contributed by atoms with Crippen LogP contribution in [-0.4, -0.2) is 4.98 Å². The van der Waals surface area contributed by atoms with Crippen LogP contribution in [0.1, 0.15) is 22.9 Å². The third-order valence-electron chi connectivity index (χ3n) is 2.36. The molecule has 0 aromatic carbocycles. The maximum Gasteiger partial charge on any atom is 0.0589 e. The van der Waals surface area contributed by atoms with Gasteiger partial charge in [0.15, 0.2) is 0 Å². The fourth-order valence-corrected chi connectivity index (χ4v) is 3.09. The summed E-state index contributed by atoms with van der Waals surface area (Å²) in [5.74, 6) is 0. The molecule has 0 fully saturated rings. The zero-order valence-corrected chi connectivity index (χ0v) is 10.7. The Balaban J connectivity index is 2.41.